The lowest BCUT2D eigenvalue weighted by Crippen LogP contribution is -2.54. The van der Waals surface area contributed by atoms with E-state index in [0.29, 0.717) is 43.2 Å². The number of aromatic nitrogens is 1. The highest BCUT2D eigenvalue weighted by Gasteiger charge is 2.60. The molecule has 2 aromatic rings. The molecule has 0 bridgehead atoms. The van der Waals surface area contributed by atoms with Crippen molar-refractivity contribution < 1.29 is 27.9 Å². The summed E-state index contributed by atoms with van der Waals surface area (Å²) in [6.07, 6.45) is -2.52. The molecule has 0 radical (unpaired) electrons. The Morgan fingerprint density at radius 1 is 1.11 bits per heavy atom. The van der Waals surface area contributed by atoms with Gasteiger partial charge in [0, 0.05) is 49.3 Å². The summed E-state index contributed by atoms with van der Waals surface area (Å²) >= 11 is 17.8. The number of carbonyl (C=O) groups is 2. The molecule has 0 saturated carbocycles. The number of rotatable bonds is 8. The first-order valence-electron chi connectivity index (χ1n) is 11.9. The summed E-state index contributed by atoms with van der Waals surface area (Å²) in [6, 6.07) is 6.35. The molecule has 2 amide bonds. The quantitative estimate of drug-likeness (QED) is 0.319. The van der Waals surface area contributed by atoms with Gasteiger partial charge in [0.05, 0.1) is 5.56 Å². The van der Waals surface area contributed by atoms with Gasteiger partial charge in [-0.2, -0.15) is 13.2 Å². The van der Waals surface area contributed by atoms with Crippen molar-refractivity contribution in [2.24, 2.45) is 5.92 Å². The first kappa shape index (κ1) is 30.3. The van der Waals surface area contributed by atoms with E-state index < -0.39 is 23.2 Å². The van der Waals surface area contributed by atoms with Crippen molar-refractivity contribution in [1.82, 2.24) is 15.2 Å². The Morgan fingerprint density at radius 2 is 1.71 bits per heavy atom. The van der Waals surface area contributed by atoms with Crippen LogP contribution in [-0.4, -0.2) is 66.7 Å². The minimum atomic E-state index is -5.28. The molecule has 1 unspecified atom stereocenters. The summed E-state index contributed by atoms with van der Waals surface area (Å²) in [5.74, 6) is -0.841. The summed E-state index contributed by atoms with van der Waals surface area (Å²) in [4.78, 5) is 32.5. The van der Waals surface area contributed by atoms with E-state index in [0.717, 1.165) is 25.0 Å². The maximum absolute atomic E-state index is 13.8. The highest BCUT2D eigenvalue weighted by Crippen LogP contribution is 2.41. The van der Waals surface area contributed by atoms with Crippen LogP contribution in [0, 0.1) is 5.92 Å². The van der Waals surface area contributed by atoms with E-state index in [9.17, 15) is 27.9 Å². The maximum atomic E-state index is 13.8. The molecule has 38 heavy (non-hydrogen) atoms. The molecule has 1 aliphatic heterocycles. The minimum absolute atomic E-state index is 0.0374. The highest BCUT2D eigenvalue weighted by molar-refractivity contribution is 6.34. The fraction of sp³-hybridized carbons (Fsp3) is 0.480. The largest absolute Gasteiger partial charge is 0.430 e. The molecule has 1 aromatic heterocycles. The SMILES string of the molecule is CN(C)C(=O)c1ccc(N2CCC(CCCNC(=O)C(O)(c3cc(Cl)cc(Cl)c3)C(F)(F)F)CC2)nc1Cl. The van der Waals surface area contributed by atoms with Gasteiger partial charge in [0.1, 0.15) is 11.0 Å². The maximum Gasteiger partial charge on any atom is 0.430 e. The van der Waals surface area contributed by atoms with Crippen LogP contribution in [0.3, 0.4) is 0 Å². The molecule has 0 aliphatic carbocycles. The van der Waals surface area contributed by atoms with Gasteiger partial charge in [0.2, 0.25) is 0 Å². The predicted octanol–water partition coefficient (Wildman–Crippen LogP) is 5.31. The molecule has 7 nitrogen and oxygen atoms in total. The number of carbonyl (C=O) groups excluding carboxylic acids is 2. The Labute approximate surface area is 233 Å². The van der Waals surface area contributed by atoms with Crippen LogP contribution >= 0.6 is 34.8 Å². The number of piperidine rings is 1. The van der Waals surface area contributed by atoms with Crippen molar-refractivity contribution in [3.05, 3.63) is 56.7 Å². The normalized spacial score (nSPS) is 16.2. The number of hydrogen-bond acceptors (Lipinski definition) is 5. The third kappa shape index (κ3) is 6.83. The topological polar surface area (TPSA) is 85.8 Å². The molecule has 0 spiro atoms. The summed E-state index contributed by atoms with van der Waals surface area (Å²) < 4.78 is 41.3. The molecule has 2 heterocycles. The summed E-state index contributed by atoms with van der Waals surface area (Å²) in [5.41, 5.74) is -4.21. The standard InChI is InChI=1S/C25H28Cl3F3N4O3/c1-34(2)22(36)19-5-6-20(33-21(19)28)35-10-7-15(8-11-35)4-3-9-32-23(37)24(38,25(29,30)31)16-12-17(26)14-18(27)13-16/h5-6,12-15,38H,3-4,7-11H2,1-2H3,(H,32,37). The number of benzene rings is 1. The van der Waals surface area contributed by atoms with Gasteiger partial charge in [-0.1, -0.05) is 34.8 Å². The molecule has 2 N–H and O–H groups in total. The molecule has 13 heteroatoms. The van der Waals surface area contributed by atoms with E-state index in [1.165, 1.54) is 11.0 Å². The second-order valence-electron chi connectivity index (χ2n) is 9.40. The highest BCUT2D eigenvalue weighted by atomic mass is 35.5. The molecule has 3 rings (SSSR count). The summed E-state index contributed by atoms with van der Waals surface area (Å²) in [5, 5.41) is 12.5. The van der Waals surface area contributed by atoms with Gasteiger partial charge < -0.3 is 20.2 Å². The molecule has 1 aliphatic rings. The van der Waals surface area contributed by atoms with Crippen LogP contribution in [0.5, 0.6) is 0 Å². The molecule has 1 atom stereocenters. The molecule has 1 saturated heterocycles. The van der Waals surface area contributed by atoms with E-state index in [4.69, 9.17) is 34.8 Å². The van der Waals surface area contributed by atoms with Crippen LogP contribution in [-0.2, 0) is 10.4 Å². The second kappa shape index (κ2) is 12.3. The Kier molecular flexibility index (Phi) is 9.78. The lowest BCUT2D eigenvalue weighted by atomic mass is 9.91. The van der Waals surface area contributed by atoms with Crippen molar-refractivity contribution >= 4 is 52.4 Å². The van der Waals surface area contributed by atoms with Crippen molar-refractivity contribution in [3.63, 3.8) is 0 Å². The van der Waals surface area contributed by atoms with E-state index in [1.54, 1.807) is 26.2 Å². The Balaban J connectivity index is 1.51. The predicted molar refractivity (Wildman–Crippen MR) is 141 cm³/mol. The summed E-state index contributed by atoms with van der Waals surface area (Å²) in [7, 11) is 3.27. The lowest BCUT2D eigenvalue weighted by molar-refractivity contribution is -0.257. The summed E-state index contributed by atoms with van der Waals surface area (Å²) in [6.45, 7) is 1.36. The number of anilines is 1. The minimum Gasteiger partial charge on any atom is -0.369 e. The van der Waals surface area contributed by atoms with Crippen molar-refractivity contribution in [2.75, 3.05) is 38.6 Å². The van der Waals surface area contributed by atoms with Crippen LogP contribution in [0.2, 0.25) is 15.2 Å². The van der Waals surface area contributed by atoms with Gasteiger partial charge >= 0.3 is 6.18 Å². The van der Waals surface area contributed by atoms with Crippen molar-refractivity contribution in [3.8, 4) is 0 Å². The Hall–Kier alpha value is -2.27. The molecule has 208 valence electrons. The molecular weight excluding hydrogens is 568 g/mol. The van der Waals surface area contributed by atoms with Gasteiger partial charge in [-0.3, -0.25) is 9.59 Å². The number of halogens is 6. The zero-order valence-corrected chi connectivity index (χ0v) is 23.1. The van der Waals surface area contributed by atoms with Gasteiger partial charge in [-0.05, 0) is 61.9 Å². The number of nitrogens with one attached hydrogen (secondary N) is 1. The van der Waals surface area contributed by atoms with Crippen LogP contribution in [0.25, 0.3) is 0 Å². The Bertz CT molecular complexity index is 1150. The van der Waals surface area contributed by atoms with E-state index in [2.05, 4.69) is 15.2 Å². The van der Waals surface area contributed by atoms with Crippen LogP contribution in [0.15, 0.2) is 30.3 Å². The van der Waals surface area contributed by atoms with Gasteiger partial charge in [-0.15, -0.1) is 0 Å². The first-order chi connectivity index (χ1) is 17.7. The average Bonchev–Trinajstić information content (AvgIpc) is 2.84. The number of alkyl halides is 3. The smallest absolute Gasteiger partial charge is 0.369 e. The van der Waals surface area contributed by atoms with Gasteiger partial charge in [0.25, 0.3) is 17.4 Å². The lowest BCUT2D eigenvalue weighted by Gasteiger charge is -2.33. The second-order valence-corrected chi connectivity index (χ2v) is 10.6. The monoisotopic (exact) mass is 594 g/mol. The number of amides is 2. The molecule has 1 fully saturated rings. The Morgan fingerprint density at radius 3 is 2.24 bits per heavy atom. The van der Waals surface area contributed by atoms with Crippen LogP contribution < -0.4 is 10.2 Å². The average molecular weight is 596 g/mol. The van der Waals surface area contributed by atoms with Crippen molar-refractivity contribution in [1.29, 1.82) is 0 Å². The molecule has 1 aromatic carbocycles. The fourth-order valence-corrected chi connectivity index (χ4v) is 5.12. The number of hydrogen-bond donors (Lipinski definition) is 2. The van der Waals surface area contributed by atoms with Crippen molar-refractivity contribution in [2.45, 2.75) is 37.5 Å². The van der Waals surface area contributed by atoms with E-state index in [-0.39, 0.29) is 27.7 Å². The van der Waals surface area contributed by atoms with E-state index >= 15 is 0 Å². The third-order valence-electron chi connectivity index (χ3n) is 6.50. The van der Waals surface area contributed by atoms with Gasteiger partial charge in [-0.25, -0.2) is 4.98 Å². The van der Waals surface area contributed by atoms with Gasteiger partial charge in [0.15, 0.2) is 0 Å². The number of pyridine rings is 1. The number of aliphatic hydroxyl groups is 1. The van der Waals surface area contributed by atoms with Crippen LogP contribution in [0.1, 0.15) is 41.6 Å². The third-order valence-corrected chi connectivity index (χ3v) is 7.23. The molecular formula is C25H28Cl3F3N4O3. The number of nitrogens with zero attached hydrogens (tertiary/aromatic N) is 3. The zero-order chi connectivity index (χ0) is 28.3. The van der Waals surface area contributed by atoms with Crippen LogP contribution in [0.4, 0.5) is 19.0 Å². The fourth-order valence-electron chi connectivity index (χ4n) is 4.36. The zero-order valence-electron chi connectivity index (χ0n) is 20.8. The first-order valence-corrected chi connectivity index (χ1v) is 13.0. The van der Waals surface area contributed by atoms with E-state index in [1.807, 2.05) is 0 Å².